The third-order valence-electron chi connectivity index (χ3n) is 5.38. The molecule has 2 aliphatic carbocycles. The molecule has 1 fully saturated rings. The lowest BCUT2D eigenvalue weighted by Gasteiger charge is -2.28. The van der Waals surface area contributed by atoms with Gasteiger partial charge in [-0.15, -0.1) is 0 Å². The molecule has 0 spiro atoms. The van der Waals surface area contributed by atoms with Gasteiger partial charge in [0.1, 0.15) is 12.4 Å². The van der Waals surface area contributed by atoms with Gasteiger partial charge in [-0.25, -0.2) is 0 Å². The summed E-state index contributed by atoms with van der Waals surface area (Å²) in [5.41, 5.74) is 1.89. The predicted molar refractivity (Wildman–Crippen MR) is 91.1 cm³/mol. The first-order valence-corrected chi connectivity index (χ1v) is 9.10. The Balaban J connectivity index is 1.72. The molecular formula is C20H23F3O3. The molecule has 0 aliphatic heterocycles. The second-order valence-corrected chi connectivity index (χ2v) is 7.11. The first-order valence-electron chi connectivity index (χ1n) is 9.10. The predicted octanol–water partition coefficient (Wildman–Crippen LogP) is 5.38. The van der Waals surface area contributed by atoms with E-state index in [9.17, 15) is 18.0 Å². The van der Waals surface area contributed by atoms with Crippen LogP contribution in [0.2, 0.25) is 0 Å². The van der Waals surface area contributed by atoms with E-state index in [-0.39, 0.29) is 24.2 Å². The molecule has 0 bridgehead atoms. The van der Waals surface area contributed by atoms with Gasteiger partial charge >= 0.3 is 12.1 Å². The summed E-state index contributed by atoms with van der Waals surface area (Å²) in [5.74, 6) is -0.279. The highest BCUT2D eigenvalue weighted by Gasteiger charge is 2.34. The number of carboxylic acids is 1. The average molecular weight is 368 g/mol. The van der Waals surface area contributed by atoms with Crippen LogP contribution in [-0.4, -0.2) is 17.7 Å². The summed E-state index contributed by atoms with van der Waals surface area (Å²) in [4.78, 5) is 10.7. The van der Waals surface area contributed by atoms with Crippen LogP contribution in [0.1, 0.15) is 56.1 Å². The van der Waals surface area contributed by atoms with Crippen LogP contribution < -0.4 is 4.74 Å². The van der Waals surface area contributed by atoms with E-state index in [0.29, 0.717) is 12.5 Å². The van der Waals surface area contributed by atoms with Gasteiger partial charge in [0.2, 0.25) is 0 Å². The molecule has 0 amide bonds. The quantitative estimate of drug-likeness (QED) is 0.657. The molecule has 0 radical (unpaired) electrons. The van der Waals surface area contributed by atoms with Gasteiger partial charge < -0.3 is 9.84 Å². The Kier molecular flexibility index (Phi) is 5.58. The standard InChI is InChI=1S/C20H23F3O3/c21-20(22,23)18-11-16(9-7-14(18)8-10-19(24)25)26-12-15-5-2-6-17(15)13-3-1-4-13/h7,9,11,13H,1-6,8,10,12H2,(H,24,25). The number of carboxylic acid groups (broad SMARTS) is 1. The molecule has 26 heavy (non-hydrogen) atoms. The summed E-state index contributed by atoms with van der Waals surface area (Å²) >= 11 is 0. The highest BCUT2D eigenvalue weighted by molar-refractivity contribution is 5.67. The van der Waals surface area contributed by atoms with E-state index in [2.05, 4.69) is 0 Å². The molecule has 2 aliphatic rings. The van der Waals surface area contributed by atoms with Gasteiger partial charge in [-0.3, -0.25) is 4.79 Å². The molecule has 1 aromatic carbocycles. The molecule has 3 nitrogen and oxygen atoms in total. The van der Waals surface area contributed by atoms with Crippen molar-refractivity contribution in [3.63, 3.8) is 0 Å². The van der Waals surface area contributed by atoms with Crippen LogP contribution in [0.15, 0.2) is 29.3 Å². The summed E-state index contributed by atoms with van der Waals surface area (Å²) in [6.07, 6.45) is 1.84. The van der Waals surface area contributed by atoms with Crippen molar-refractivity contribution in [2.45, 2.75) is 57.5 Å². The molecule has 1 saturated carbocycles. The van der Waals surface area contributed by atoms with Crippen molar-refractivity contribution in [2.75, 3.05) is 6.61 Å². The van der Waals surface area contributed by atoms with E-state index in [1.165, 1.54) is 42.5 Å². The number of allylic oxidation sites excluding steroid dienone is 1. The van der Waals surface area contributed by atoms with Crippen LogP contribution in [-0.2, 0) is 17.4 Å². The maximum Gasteiger partial charge on any atom is 0.416 e. The summed E-state index contributed by atoms with van der Waals surface area (Å²) in [7, 11) is 0. The first kappa shape index (κ1) is 18.8. The zero-order valence-electron chi connectivity index (χ0n) is 14.6. The minimum atomic E-state index is -4.53. The first-order chi connectivity index (χ1) is 12.3. The molecule has 3 rings (SSSR count). The van der Waals surface area contributed by atoms with Crippen LogP contribution in [0.5, 0.6) is 5.75 Å². The molecule has 0 heterocycles. The van der Waals surface area contributed by atoms with Gasteiger partial charge in [0.25, 0.3) is 0 Å². The highest BCUT2D eigenvalue weighted by atomic mass is 19.4. The smallest absolute Gasteiger partial charge is 0.416 e. The Bertz CT molecular complexity index is 703. The van der Waals surface area contributed by atoms with E-state index in [1.54, 1.807) is 0 Å². The summed E-state index contributed by atoms with van der Waals surface area (Å²) in [5, 5.41) is 8.71. The molecule has 0 atom stereocenters. The molecule has 0 unspecified atom stereocenters. The maximum absolute atomic E-state index is 13.3. The van der Waals surface area contributed by atoms with Gasteiger partial charge in [-0.05, 0) is 67.7 Å². The van der Waals surface area contributed by atoms with Gasteiger partial charge in [0.15, 0.2) is 0 Å². The van der Waals surface area contributed by atoms with Crippen LogP contribution in [0, 0.1) is 5.92 Å². The van der Waals surface area contributed by atoms with Crippen molar-refractivity contribution < 1.29 is 27.8 Å². The number of ether oxygens (including phenoxy) is 1. The maximum atomic E-state index is 13.3. The number of aliphatic carboxylic acids is 1. The zero-order valence-corrected chi connectivity index (χ0v) is 14.6. The normalized spacial score (nSPS) is 18.1. The van der Waals surface area contributed by atoms with Crippen molar-refractivity contribution in [3.8, 4) is 5.75 Å². The fourth-order valence-electron chi connectivity index (χ4n) is 3.78. The third-order valence-corrected chi connectivity index (χ3v) is 5.38. The van der Waals surface area contributed by atoms with Crippen molar-refractivity contribution in [2.24, 2.45) is 5.92 Å². The Morgan fingerprint density at radius 2 is 1.96 bits per heavy atom. The monoisotopic (exact) mass is 368 g/mol. The average Bonchev–Trinajstić information content (AvgIpc) is 2.96. The zero-order chi connectivity index (χ0) is 18.7. The van der Waals surface area contributed by atoms with Crippen molar-refractivity contribution >= 4 is 5.97 Å². The Morgan fingerprint density at radius 3 is 2.58 bits per heavy atom. The Hall–Kier alpha value is -1.98. The summed E-state index contributed by atoms with van der Waals surface area (Å²) in [6.45, 7) is 0.345. The fourth-order valence-corrected chi connectivity index (χ4v) is 3.78. The number of halogens is 3. The Labute approximate surface area is 150 Å². The molecule has 6 heteroatoms. The number of hydrogen-bond acceptors (Lipinski definition) is 2. The lowest BCUT2D eigenvalue weighted by atomic mass is 9.78. The van der Waals surface area contributed by atoms with Gasteiger partial charge in [0.05, 0.1) is 5.56 Å². The van der Waals surface area contributed by atoms with E-state index >= 15 is 0 Å². The van der Waals surface area contributed by atoms with Crippen molar-refractivity contribution in [1.82, 2.24) is 0 Å². The number of benzene rings is 1. The summed E-state index contributed by atoms with van der Waals surface area (Å²) in [6, 6.07) is 3.83. The largest absolute Gasteiger partial charge is 0.489 e. The van der Waals surface area contributed by atoms with Crippen LogP contribution in [0.25, 0.3) is 0 Å². The second kappa shape index (κ2) is 7.72. The van der Waals surface area contributed by atoms with Crippen molar-refractivity contribution in [1.29, 1.82) is 0 Å². The number of rotatable bonds is 7. The van der Waals surface area contributed by atoms with Crippen LogP contribution in [0.4, 0.5) is 13.2 Å². The van der Waals surface area contributed by atoms with E-state index in [1.807, 2.05) is 0 Å². The van der Waals surface area contributed by atoms with Gasteiger partial charge in [-0.2, -0.15) is 13.2 Å². The number of alkyl halides is 3. The van der Waals surface area contributed by atoms with Crippen molar-refractivity contribution in [3.05, 3.63) is 40.5 Å². The van der Waals surface area contributed by atoms with E-state index < -0.39 is 17.7 Å². The number of hydrogen-bond donors (Lipinski definition) is 1. The molecular weight excluding hydrogens is 345 g/mol. The van der Waals surface area contributed by atoms with Gasteiger partial charge in [-0.1, -0.05) is 18.1 Å². The second-order valence-electron chi connectivity index (χ2n) is 7.11. The lowest BCUT2D eigenvalue weighted by Crippen LogP contribution is -2.15. The highest BCUT2D eigenvalue weighted by Crippen LogP contribution is 2.42. The lowest BCUT2D eigenvalue weighted by molar-refractivity contribution is -0.140. The number of carbonyl (C=O) groups is 1. The topological polar surface area (TPSA) is 46.5 Å². The van der Waals surface area contributed by atoms with Gasteiger partial charge in [0, 0.05) is 6.42 Å². The minimum absolute atomic E-state index is 0.0116. The number of aryl methyl sites for hydroxylation is 1. The van der Waals surface area contributed by atoms with Crippen LogP contribution >= 0.6 is 0 Å². The molecule has 1 aromatic rings. The molecule has 0 saturated heterocycles. The summed E-state index contributed by atoms with van der Waals surface area (Å²) < 4.78 is 45.6. The third kappa shape index (κ3) is 4.40. The minimum Gasteiger partial charge on any atom is -0.489 e. The molecule has 1 N–H and O–H groups in total. The van der Waals surface area contributed by atoms with Crippen LogP contribution in [0.3, 0.4) is 0 Å². The molecule has 142 valence electrons. The molecule has 0 aromatic heterocycles. The van der Waals surface area contributed by atoms with E-state index in [0.717, 1.165) is 25.3 Å². The van der Waals surface area contributed by atoms with E-state index in [4.69, 9.17) is 9.84 Å². The SMILES string of the molecule is O=C(O)CCc1ccc(OCC2=C(C3CCC3)CCC2)cc1C(F)(F)F. The Morgan fingerprint density at radius 1 is 1.19 bits per heavy atom. The fraction of sp³-hybridized carbons (Fsp3) is 0.550.